The van der Waals surface area contributed by atoms with Crippen LogP contribution in [0, 0.1) is 0 Å². The van der Waals surface area contributed by atoms with E-state index in [9.17, 15) is 0 Å². The van der Waals surface area contributed by atoms with Crippen molar-refractivity contribution < 1.29 is 0 Å². The van der Waals surface area contributed by atoms with Gasteiger partial charge in [-0.3, -0.25) is 0 Å². The molecule has 0 aliphatic carbocycles. The number of aromatic nitrogens is 2. The Bertz CT molecular complexity index is 522. The van der Waals surface area contributed by atoms with Crippen molar-refractivity contribution in [3.63, 3.8) is 0 Å². The summed E-state index contributed by atoms with van der Waals surface area (Å²) in [7, 11) is 0. The molecule has 1 aromatic carbocycles. The van der Waals surface area contributed by atoms with Gasteiger partial charge in [-0.15, -0.1) is 0 Å². The van der Waals surface area contributed by atoms with E-state index in [2.05, 4.69) is 9.97 Å². The molecule has 2 heterocycles. The van der Waals surface area contributed by atoms with Crippen molar-refractivity contribution >= 4 is 53.4 Å². The Kier molecular flexibility index (Phi) is 1.45. The van der Waals surface area contributed by atoms with Gasteiger partial charge in [0.05, 0.1) is 20.4 Å². The van der Waals surface area contributed by atoms with Crippen molar-refractivity contribution in [2.24, 2.45) is 0 Å². The quantitative estimate of drug-likeness (QED) is 0.610. The predicted octanol–water partition coefficient (Wildman–Crippen LogP) is 2.07. The molecule has 0 saturated carbocycles. The van der Waals surface area contributed by atoms with Crippen molar-refractivity contribution in [2.45, 2.75) is 0 Å². The molecule has 0 atom stereocenters. The highest BCUT2D eigenvalue weighted by Gasteiger charge is 2.06. The first kappa shape index (κ1) is 7.95. The molecule has 0 fully saturated rings. The zero-order valence-electron chi connectivity index (χ0n) is 7.02. The number of benzene rings is 1. The maximum atomic E-state index is 5.62. The lowest BCUT2D eigenvalue weighted by Gasteiger charge is -1.86. The molecule has 0 aliphatic rings. The van der Waals surface area contributed by atoms with E-state index in [-0.39, 0.29) is 0 Å². The predicted molar refractivity (Wildman–Crippen MR) is 61.6 cm³/mol. The van der Waals surface area contributed by atoms with Crippen molar-refractivity contribution in [3.05, 3.63) is 12.1 Å². The standard InChI is InChI=1S/C8H6N4S2/c9-7-11-3-1-5-4(2-6(3)14-7)12-8(10)13-5/h1-2H,(H2,9,11)(H2,10,12). The van der Waals surface area contributed by atoms with E-state index in [1.54, 1.807) is 0 Å². The number of hydrogen-bond acceptors (Lipinski definition) is 6. The molecule has 0 spiro atoms. The van der Waals surface area contributed by atoms with Gasteiger partial charge >= 0.3 is 0 Å². The Morgan fingerprint density at radius 1 is 0.857 bits per heavy atom. The Hall–Kier alpha value is -1.40. The third-order valence-electron chi connectivity index (χ3n) is 1.93. The van der Waals surface area contributed by atoms with E-state index in [0.717, 1.165) is 20.4 Å². The molecule has 4 nitrogen and oxygen atoms in total. The smallest absolute Gasteiger partial charge is 0.181 e. The number of nitrogen functional groups attached to an aromatic ring is 2. The molecule has 6 heteroatoms. The summed E-state index contributed by atoms with van der Waals surface area (Å²) in [6.45, 7) is 0. The van der Waals surface area contributed by atoms with Crippen LogP contribution < -0.4 is 11.5 Å². The van der Waals surface area contributed by atoms with Crippen molar-refractivity contribution in [1.29, 1.82) is 0 Å². The lowest BCUT2D eigenvalue weighted by atomic mass is 10.3. The van der Waals surface area contributed by atoms with Gasteiger partial charge in [0.25, 0.3) is 0 Å². The van der Waals surface area contributed by atoms with Crippen LogP contribution in [0.4, 0.5) is 10.3 Å². The Morgan fingerprint density at radius 3 is 1.71 bits per heavy atom. The molecule has 2 aromatic heterocycles. The van der Waals surface area contributed by atoms with E-state index in [0.29, 0.717) is 10.3 Å². The number of fused-ring (bicyclic) bond motifs is 2. The molecule has 4 N–H and O–H groups in total. The molecule has 0 amide bonds. The maximum absolute atomic E-state index is 5.62. The van der Waals surface area contributed by atoms with Crippen LogP contribution in [-0.4, -0.2) is 9.97 Å². The normalized spacial score (nSPS) is 11.4. The Labute approximate surface area is 87.2 Å². The minimum Gasteiger partial charge on any atom is -0.375 e. The van der Waals surface area contributed by atoms with Gasteiger partial charge in [0.2, 0.25) is 0 Å². The zero-order chi connectivity index (χ0) is 9.71. The van der Waals surface area contributed by atoms with Gasteiger partial charge < -0.3 is 11.5 Å². The van der Waals surface area contributed by atoms with Crippen LogP contribution in [0.1, 0.15) is 0 Å². The summed E-state index contributed by atoms with van der Waals surface area (Å²) in [5.74, 6) is 0. The van der Waals surface area contributed by atoms with Gasteiger partial charge in [0.1, 0.15) is 0 Å². The topological polar surface area (TPSA) is 77.8 Å². The highest BCUT2D eigenvalue weighted by molar-refractivity contribution is 7.23. The molecular formula is C8H6N4S2. The van der Waals surface area contributed by atoms with E-state index in [1.807, 2.05) is 12.1 Å². The van der Waals surface area contributed by atoms with Gasteiger partial charge in [-0.2, -0.15) is 0 Å². The maximum Gasteiger partial charge on any atom is 0.181 e. The average molecular weight is 222 g/mol. The second-order valence-corrected chi connectivity index (χ2v) is 5.02. The fraction of sp³-hybridized carbons (Fsp3) is 0. The molecule has 0 aliphatic heterocycles. The number of nitrogens with two attached hydrogens (primary N) is 2. The number of hydrogen-bond donors (Lipinski definition) is 2. The van der Waals surface area contributed by atoms with E-state index < -0.39 is 0 Å². The van der Waals surface area contributed by atoms with Gasteiger partial charge in [0.15, 0.2) is 10.3 Å². The van der Waals surface area contributed by atoms with Gasteiger partial charge in [0, 0.05) is 0 Å². The molecule has 0 bridgehead atoms. The molecule has 70 valence electrons. The molecule has 0 radical (unpaired) electrons. The second kappa shape index (κ2) is 2.55. The molecule has 0 saturated heterocycles. The van der Waals surface area contributed by atoms with E-state index >= 15 is 0 Å². The summed E-state index contributed by atoms with van der Waals surface area (Å²) in [6.07, 6.45) is 0. The first-order chi connectivity index (χ1) is 6.72. The van der Waals surface area contributed by atoms with Crippen molar-refractivity contribution in [1.82, 2.24) is 9.97 Å². The number of nitrogens with zero attached hydrogens (tertiary/aromatic N) is 2. The number of thiazole rings is 2. The first-order valence-electron chi connectivity index (χ1n) is 3.94. The van der Waals surface area contributed by atoms with Crippen molar-refractivity contribution in [3.8, 4) is 0 Å². The lowest BCUT2D eigenvalue weighted by molar-refractivity contribution is 1.49. The highest BCUT2D eigenvalue weighted by Crippen LogP contribution is 2.31. The molecule has 3 aromatic rings. The van der Waals surface area contributed by atoms with Crippen LogP contribution in [0.5, 0.6) is 0 Å². The van der Waals surface area contributed by atoms with Crippen LogP contribution in [0.2, 0.25) is 0 Å². The number of rotatable bonds is 0. The monoisotopic (exact) mass is 222 g/mol. The fourth-order valence-electron chi connectivity index (χ4n) is 1.39. The van der Waals surface area contributed by atoms with E-state index in [4.69, 9.17) is 11.5 Å². The first-order valence-corrected chi connectivity index (χ1v) is 5.58. The van der Waals surface area contributed by atoms with Crippen LogP contribution in [-0.2, 0) is 0 Å². The number of anilines is 2. The highest BCUT2D eigenvalue weighted by atomic mass is 32.1. The minimum atomic E-state index is 0.589. The molecular weight excluding hydrogens is 216 g/mol. The summed E-state index contributed by atoms with van der Waals surface area (Å²) < 4.78 is 2.11. The Balaban J connectivity index is 2.49. The van der Waals surface area contributed by atoms with Crippen molar-refractivity contribution in [2.75, 3.05) is 11.5 Å². The van der Waals surface area contributed by atoms with Gasteiger partial charge in [-0.25, -0.2) is 9.97 Å². The molecule has 3 rings (SSSR count). The SMILES string of the molecule is Nc1nc2cc3sc(N)nc3cc2s1. The molecule has 14 heavy (non-hydrogen) atoms. The van der Waals surface area contributed by atoms with Gasteiger partial charge in [-0.05, 0) is 12.1 Å². The third-order valence-corrected chi connectivity index (χ3v) is 3.63. The fourth-order valence-corrected chi connectivity index (χ4v) is 2.88. The third kappa shape index (κ3) is 1.04. The minimum absolute atomic E-state index is 0.589. The van der Waals surface area contributed by atoms with Gasteiger partial charge in [-0.1, -0.05) is 22.7 Å². The zero-order valence-corrected chi connectivity index (χ0v) is 8.65. The van der Waals surface area contributed by atoms with Crippen LogP contribution in [0.3, 0.4) is 0 Å². The van der Waals surface area contributed by atoms with E-state index in [1.165, 1.54) is 22.7 Å². The molecule has 0 unspecified atom stereocenters. The lowest BCUT2D eigenvalue weighted by Crippen LogP contribution is -1.79. The summed E-state index contributed by atoms with van der Waals surface area (Å²) >= 11 is 2.93. The Morgan fingerprint density at radius 2 is 1.29 bits per heavy atom. The second-order valence-electron chi connectivity index (χ2n) is 2.89. The summed E-state index contributed by atoms with van der Waals surface area (Å²) in [6, 6.07) is 3.96. The van der Waals surface area contributed by atoms with Crippen LogP contribution in [0.25, 0.3) is 20.4 Å². The average Bonchev–Trinajstić information content (AvgIpc) is 2.59. The summed E-state index contributed by atoms with van der Waals surface area (Å²) in [5.41, 5.74) is 13.1. The summed E-state index contributed by atoms with van der Waals surface area (Å²) in [4.78, 5) is 8.41. The largest absolute Gasteiger partial charge is 0.375 e. The summed E-state index contributed by atoms with van der Waals surface area (Å²) in [5, 5.41) is 1.18. The van der Waals surface area contributed by atoms with Crippen LogP contribution >= 0.6 is 22.7 Å². The van der Waals surface area contributed by atoms with Crippen LogP contribution in [0.15, 0.2) is 12.1 Å².